The summed E-state index contributed by atoms with van der Waals surface area (Å²) in [4.78, 5) is 18.1. The third kappa shape index (κ3) is 4.70. The van der Waals surface area contributed by atoms with Crippen molar-refractivity contribution in [1.82, 2.24) is 19.8 Å². The van der Waals surface area contributed by atoms with Gasteiger partial charge in [0.25, 0.3) is 0 Å². The maximum absolute atomic E-state index is 12.0. The molecule has 0 saturated heterocycles. The number of likely N-dealkylation sites (N-methyl/N-ethyl adjacent to an activating group) is 1. The van der Waals surface area contributed by atoms with Gasteiger partial charge in [0.2, 0.25) is 5.91 Å². The Bertz CT molecular complexity index is 575. The van der Waals surface area contributed by atoms with Gasteiger partial charge in [-0.3, -0.25) is 4.79 Å². The summed E-state index contributed by atoms with van der Waals surface area (Å²) in [6.45, 7) is 3.34. The topological polar surface area (TPSA) is 50.2 Å². The van der Waals surface area contributed by atoms with Crippen LogP contribution in [0.5, 0.6) is 0 Å². The summed E-state index contributed by atoms with van der Waals surface area (Å²) >= 11 is 0. The number of rotatable bonds is 7. The van der Waals surface area contributed by atoms with Crippen molar-refractivity contribution in [1.29, 1.82) is 0 Å². The first-order valence-corrected chi connectivity index (χ1v) is 7.51. The number of aryl methyl sites for hydroxylation is 2. The lowest BCUT2D eigenvalue weighted by Gasteiger charge is -2.25. The van der Waals surface area contributed by atoms with Crippen LogP contribution in [0.1, 0.15) is 23.6 Å². The average Bonchev–Trinajstić information content (AvgIpc) is 3.00. The second-order valence-electron chi connectivity index (χ2n) is 5.74. The van der Waals surface area contributed by atoms with Crippen molar-refractivity contribution in [3.05, 3.63) is 54.1 Å². The van der Waals surface area contributed by atoms with Crippen molar-refractivity contribution in [2.24, 2.45) is 0 Å². The number of carbonyl (C=O) groups excluding carboxylic acids is 1. The first-order chi connectivity index (χ1) is 10.6. The van der Waals surface area contributed by atoms with Gasteiger partial charge >= 0.3 is 0 Å². The number of imidazole rings is 1. The molecule has 0 aliphatic heterocycles. The molecule has 1 N–H and O–H groups in total. The third-order valence-electron chi connectivity index (χ3n) is 3.73. The van der Waals surface area contributed by atoms with Gasteiger partial charge in [0, 0.05) is 31.9 Å². The molecule has 2 aromatic rings. The molecule has 1 unspecified atom stereocenters. The minimum atomic E-state index is 0.0626. The number of nitrogens with one attached hydrogen (secondary N) is 1. The quantitative estimate of drug-likeness (QED) is 0.851. The number of hydrogen-bond acceptors (Lipinski definition) is 3. The standard InChI is InChI=1S/C17H24N4O/c1-14-4-6-15(7-5-14)16(20(2)3)12-19-17(22)8-10-21-11-9-18-13-21/h4-7,9,11,13,16H,8,10,12H2,1-3H3,(H,19,22). The highest BCUT2D eigenvalue weighted by molar-refractivity contribution is 5.75. The van der Waals surface area contributed by atoms with Crippen LogP contribution in [0, 0.1) is 6.92 Å². The Hall–Kier alpha value is -2.14. The molecule has 0 fully saturated rings. The van der Waals surface area contributed by atoms with E-state index in [1.165, 1.54) is 11.1 Å². The van der Waals surface area contributed by atoms with Gasteiger partial charge in [-0.2, -0.15) is 0 Å². The Kier molecular flexibility index (Phi) is 5.72. The van der Waals surface area contributed by atoms with Crippen molar-refractivity contribution in [3.8, 4) is 0 Å². The fourth-order valence-electron chi connectivity index (χ4n) is 2.34. The zero-order chi connectivity index (χ0) is 15.9. The highest BCUT2D eigenvalue weighted by Gasteiger charge is 2.15. The van der Waals surface area contributed by atoms with E-state index >= 15 is 0 Å². The van der Waals surface area contributed by atoms with Crippen LogP contribution in [0.4, 0.5) is 0 Å². The number of benzene rings is 1. The van der Waals surface area contributed by atoms with Crippen molar-refractivity contribution < 1.29 is 4.79 Å². The molecule has 5 nitrogen and oxygen atoms in total. The predicted octanol–water partition coefficient (Wildman–Crippen LogP) is 2.00. The van der Waals surface area contributed by atoms with Gasteiger partial charge in [-0.25, -0.2) is 4.98 Å². The third-order valence-corrected chi connectivity index (χ3v) is 3.73. The van der Waals surface area contributed by atoms with Crippen LogP contribution in [-0.4, -0.2) is 41.0 Å². The zero-order valence-electron chi connectivity index (χ0n) is 13.5. The van der Waals surface area contributed by atoms with Gasteiger partial charge in [0.1, 0.15) is 0 Å². The maximum atomic E-state index is 12.0. The maximum Gasteiger partial charge on any atom is 0.221 e. The summed E-state index contributed by atoms with van der Waals surface area (Å²) < 4.78 is 1.91. The molecule has 0 aliphatic rings. The van der Waals surface area contributed by atoms with Gasteiger partial charge in [0.05, 0.1) is 12.4 Å². The molecule has 1 aromatic heterocycles. The normalized spacial score (nSPS) is 12.4. The minimum Gasteiger partial charge on any atom is -0.354 e. The molecule has 1 atom stereocenters. The van der Waals surface area contributed by atoms with Gasteiger partial charge in [-0.05, 0) is 26.6 Å². The van der Waals surface area contributed by atoms with Crippen molar-refractivity contribution >= 4 is 5.91 Å². The number of amides is 1. The van der Waals surface area contributed by atoms with E-state index in [0.717, 1.165) is 0 Å². The lowest BCUT2D eigenvalue weighted by Crippen LogP contribution is -2.34. The minimum absolute atomic E-state index is 0.0626. The van der Waals surface area contributed by atoms with Crippen LogP contribution in [0.15, 0.2) is 43.0 Å². The molecule has 1 amide bonds. The second kappa shape index (κ2) is 7.75. The van der Waals surface area contributed by atoms with Crippen LogP contribution >= 0.6 is 0 Å². The molecule has 2 rings (SSSR count). The fraction of sp³-hybridized carbons (Fsp3) is 0.412. The summed E-state index contributed by atoms with van der Waals surface area (Å²) in [6, 6.07) is 8.63. The zero-order valence-corrected chi connectivity index (χ0v) is 13.5. The molecule has 5 heteroatoms. The number of nitrogens with zero attached hydrogens (tertiary/aromatic N) is 3. The van der Waals surface area contributed by atoms with Gasteiger partial charge in [-0.1, -0.05) is 29.8 Å². The second-order valence-corrected chi connectivity index (χ2v) is 5.74. The molecule has 0 bridgehead atoms. The van der Waals surface area contributed by atoms with Crippen LogP contribution < -0.4 is 5.32 Å². The Morgan fingerprint density at radius 2 is 2.05 bits per heavy atom. The highest BCUT2D eigenvalue weighted by Crippen LogP contribution is 2.17. The summed E-state index contributed by atoms with van der Waals surface area (Å²) in [5, 5.41) is 3.03. The molecule has 0 saturated carbocycles. The van der Waals surface area contributed by atoms with Gasteiger partial charge in [-0.15, -0.1) is 0 Å². The number of aromatic nitrogens is 2. The van der Waals surface area contributed by atoms with E-state index in [1.54, 1.807) is 12.5 Å². The SMILES string of the molecule is Cc1ccc(C(CNC(=O)CCn2ccnc2)N(C)C)cc1. The molecular formula is C17H24N4O. The van der Waals surface area contributed by atoms with E-state index in [2.05, 4.69) is 46.4 Å². The molecular weight excluding hydrogens is 276 g/mol. The molecule has 1 aromatic carbocycles. The highest BCUT2D eigenvalue weighted by atomic mass is 16.1. The molecule has 1 heterocycles. The summed E-state index contributed by atoms with van der Waals surface area (Å²) in [7, 11) is 4.06. The average molecular weight is 300 g/mol. The Labute approximate surface area is 132 Å². The van der Waals surface area contributed by atoms with Crippen molar-refractivity contribution in [2.75, 3.05) is 20.6 Å². The van der Waals surface area contributed by atoms with E-state index in [0.29, 0.717) is 19.5 Å². The number of hydrogen-bond donors (Lipinski definition) is 1. The molecule has 118 valence electrons. The summed E-state index contributed by atoms with van der Waals surface area (Å²) in [6.07, 6.45) is 5.77. The van der Waals surface area contributed by atoms with Crippen LogP contribution in [0.3, 0.4) is 0 Å². The lowest BCUT2D eigenvalue weighted by molar-refractivity contribution is -0.121. The van der Waals surface area contributed by atoms with E-state index in [1.807, 2.05) is 24.9 Å². The van der Waals surface area contributed by atoms with Crippen LogP contribution in [-0.2, 0) is 11.3 Å². The summed E-state index contributed by atoms with van der Waals surface area (Å²) in [5.41, 5.74) is 2.45. The van der Waals surface area contributed by atoms with Gasteiger partial charge < -0.3 is 14.8 Å². The Morgan fingerprint density at radius 1 is 1.32 bits per heavy atom. The fourth-order valence-corrected chi connectivity index (χ4v) is 2.34. The van der Waals surface area contributed by atoms with Crippen molar-refractivity contribution in [2.45, 2.75) is 25.9 Å². The first kappa shape index (κ1) is 16.2. The number of carbonyl (C=O) groups is 1. The molecule has 22 heavy (non-hydrogen) atoms. The predicted molar refractivity (Wildman–Crippen MR) is 87.5 cm³/mol. The Balaban J connectivity index is 1.86. The Morgan fingerprint density at radius 3 is 2.64 bits per heavy atom. The van der Waals surface area contributed by atoms with E-state index < -0.39 is 0 Å². The van der Waals surface area contributed by atoms with Crippen LogP contribution in [0.25, 0.3) is 0 Å². The monoisotopic (exact) mass is 300 g/mol. The van der Waals surface area contributed by atoms with E-state index in [-0.39, 0.29) is 11.9 Å². The molecule has 0 radical (unpaired) electrons. The molecule has 0 aliphatic carbocycles. The first-order valence-electron chi connectivity index (χ1n) is 7.51. The smallest absolute Gasteiger partial charge is 0.221 e. The van der Waals surface area contributed by atoms with Crippen molar-refractivity contribution in [3.63, 3.8) is 0 Å². The van der Waals surface area contributed by atoms with E-state index in [4.69, 9.17) is 0 Å². The van der Waals surface area contributed by atoms with Crippen LogP contribution in [0.2, 0.25) is 0 Å². The van der Waals surface area contributed by atoms with E-state index in [9.17, 15) is 4.79 Å². The largest absolute Gasteiger partial charge is 0.354 e. The lowest BCUT2D eigenvalue weighted by atomic mass is 10.0. The van der Waals surface area contributed by atoms with Gasteiger partial charge in [0.15, 0.2) is 0 Å². The summed E-state index contributed by atoms with van der Waals surface area (Å²) in [5.74, 6) is 0.0626. The molecule has 0 spiro atoms.